The van der Waals surface area contributed by atoms with Crippen molar-refractivity contribution in [2.75, 3.05) is 0 Å². The summed E-state index contributed by atoms with van der Waals surface area (Å²) in [7, 11) is 0. The molecule has 90 valence electrons. The Morgan fingerprint density at radius 3 is 3.17 bits per heavy atom. The van der Waals surface area contributed by atoms with Crippen LogP contribution in [0.1, 0.15) is 5.56 Å². The standard InChI is InChI=1S/C13H11N3O2/c17-13-7-11(3-4-15-13)18-9-10-1-2-12-14-5-6-16(12)8-10/h1-8H,9H2,(H,15,17). The van der Waals surface area contributed by atoms with Gasteiger partial charge < -0.3 is 14.1 Å². The molecule has 3 aromatic rings. The Morgan fingerprint density at radius 2 is 2.28 bits per heavy atom. The molecule has 0 aliphatic carbocycles. The van der Waals surface area contributed by atoms with Crippen LogP contribution in [0.25, 0.3) is 5.65 Å². The van der Waals surface area contributed by atoms with Crippen molar-refractivity contribution in [3.8, 4) is 5.75 Å². The number of nitrogens with zero attached hydrogens (tertiary/aromatic N) is 2. The molecule has 0 spiro atoms. The van der Waals surface area contributed by atoms with Crippen LogP contribution in [0.15, 0.2) is 53.8 Å². The Labute approximate surface area is 103 Å². The lowest BCUT2D eigenvalue weighted by Crippen LogP contribution is -2.04. The third kappa shape index (κ3) is 2.10. The van der Waals surface area contributed by atoms with E-state index in [0.717, 1.165) is 11.2 Å². The van der Waals surface area contributed by atoms with Gasteiger partial charge in [0.05, 0.1) is 0 Å². The van der Waals surface area contributed by atoms with E-state index in [0.29, 0.717) is 12.4 Å². The summed E-state index contributed by atoms with van der Waals surface area (Å²) in [5.41, 5.74) is 1.74. The maximum Gasteiger partial charge on any atom is 0.251 e. The molecule has 0 fully saturated rings. The first-order valence-corrected chi connectivity index (χ1v) is 5.54. The van der Waals surface area contributed by atoms with Crippen LogP contribution >= 0.6 is 0 Å². The third-order valence-electron chi connectivity index (χ3n) is 2.60. The first-order valence-electron chi connectivity index (χ1n) is 5.54. The van der Waals surface area contributed by atoms with Gasteiger partial charge in [0.15, 0.2) is 0 Å². The largest absolute Gasteiger partial charge is 0.489 e. The number of fused-ring (bicyclic) bond motifs is 1. The van der Waals surface area contributed by atoms with Crippen molar-refractivity contribution in [1.82, 2.24) is 14.4 Å². The second kappa shape index (κ2) is 4.37. The van der Waals surface area contributed by atoms with Gasteiger partial charge in [-0.3, -0.25) is 4.79 Å². The molecule has 3 heterocycles. The Bertz CT molecular complexity index is 730. The number of ether oxygens (including phenoxy) is 1. The van der Waals surface area contributed by atoms with Gasteiger partial charge in [-0.15, -0.1) is 0 Å². The zero-order valence-corrected chi connectivity index (χ0v) is 9.54. The van der Waals surface area contributed by atoms with Crippen molar-refractivity contribution >= 4 is 5.65 Å². The summed E-state index contributed by atoms with van der Waals surface area (Å²) in [6.45, 7) is 0.414. The summed E-state index contributed by atoms with van der Waals surface area (Å²) in [5.74, 6) is 0.560. The molecule has 18 heavy (non-hydrogen) atoms. The van der Waals surface area contributed by atoms with E-state index in [1.54, 1.807) is 18.5 Å². The number of hydrogen-bond acceptors (Lipinski definition) is 3. The van der Waals surface area contributed by atoms with E-state index in [2.05, 4.69) is 9.97 Å². The number of hydrogen-bond donors (Lipinski definition) is 1. The fraction of sp³-hybridized carbons (Fsp3) is 0.0769. The van der Waals surface area contributed by atoms with Gasteiger partial charge in [0.1, 0.15) is 18.0 Å². The van der Waals surface area contributed by atoms with Crippen molar-refractivity contribution in [3.05, 3.63) is 65.0 Å². The molecule has 0 saturated carbocycles. The molecule has 0 radical (unpaired) electrons. The number of pyridine rings is 2. The highest BCUT2D eigenvalue weighted by atomic mass is 16.5. The molecule has 0 aliphatic rings. The zero-order chi connectivity index (χ0) is 12.4. The van der Waals surface area contributed by atoms with Crippen molar-refractivity contribution < 1.29 is 4.74 Å². The molecule has 1 N–H and O–H groups in total. The minimum absolute atomic E-state index is 0.169. The second-order valence-electron chi connectivity index (χ2n) is 3.91. The number of H-pyrrole nitrogens is 1. The van der Waals surface area contributed by atoms with Crippen LogP contribution in [0, 0.1) is 0 Å². The van der Waals surface area contributed by atoms with Crippen LogP contribution in [-0.2, 0) is 6.61 Å². The van der Waals surface area contributed by atoms with Gasteiger partial charge >= 0.3 is 0 Å². The molecule has 0 aliphatic heterocycles. The van der Waals surface area contributed by atoms with Crippen molar-refractivity contribution in [1.29, 1.82) is 0 Å². The Kier molecular flexibility index (Phi) is 2.57. The minimum Gasteiger partial charge on any atom is -0.489 e. The topological polar surface area (TPSA) is 59.4 Å². The lowest BCUT2D eigenvalue weighted by molar-refractivity contribution is 0.305. The van der Waals surface area contributed by atoms with Crippen LogP contribution in [0.3, 0.4) is 0 Å². The average Bonchev–Trinajstić information content (AvgIpc) is 2.84. The number of aromatic nitrogens is 3. The van der Waals surface area contributed by atoms with E-state index >= 15 is 0 Å². The molecule has 0 saturated heterocycles. The van der Waals surface area contributed by atoms with Gasteiger partial charge in [-0.05, 0) is 12.1 Å². The predicted molar refractivity (Wildman–Crippen MR) is 66.6 cm³/mol. The fourth-order valence-electron chi connectivity index (χ4n) is 1.73. The summed E-state index contributed by atoms with van der Waals surface area (Å²) in [6, 6.07) is 7.03. The molecule has 0 atom stereocenters. The van der Waals surface area contributed by atoms with E-state index in [1.807, 2.05) is 28.9 Å². The summed E-state index contributed by atoms with van der Waals surface area (Å²) in [6.07, 6.45) is 7.15. The molecule has 0 amide bonds. The Balaban J connectivity index is 1.78. The van der Waals surface area contributed by atoms with E-state index in [9.17, 15) is 4.79 Å². The third-order valence-corrected chi connectivity index (χ3v) is 2.60. The smallest absolute Gasteiger partial charge is 0.251 e. The molecular formula is C13H11N3O2. The summed E-state index contributed by atoms with van der Waals surface area (Å²) >= 11 is 0. The van der Waals surface area contributed by atoms with E-state index in [-0.39, 0.29) is 5.56 Å². The normalized spacial score (nSPS) is 10.7. The molecule has 5 heteroatoms. The lowest BCUT2D eigenvalue weighted by atomic mass is 10.3. The monoisotopic (exact) mass is 241 g/mol. The van der Waals surface area contributed by atoms with E-state index in [1.165, 1.54) is 6.07 Å². The van der Waals surface area contributed by atoms with E-state index < -0.39 is 0 Å². The SMILES string of the molecule is O=c1cc(OCc2ccc3nccn3c2)cc[nH]1. The molecule has 3 aromatic heterocycles. The van der Waals surface area contributed by atoms with Crippen LogP contribution in [-0.4, -0.2) is 14.4 Å². The van der Waals surface area contributed by atoms with Gasteiger partial charge in [-0.2, -0.15) is 0 Å². The van der Waals surface area contributed by atoms with Gasteiger partial charge in [0.25, 0.3) is 5.56 Å². The van der Waals surface area contributed by atoms with Crippen LogP contribution < -0.4 is 10.3 Å². The Hall–Kier alpha value is -2.56. The molecule has 0 unspecified atom stereocenters. The summed E-state index contributed by atoms with van der Waals surface area (Å²) in [5, 5.41) is 0. The lowest BCUT2D eigenvalue weighted by Gasteiger charge is -2.06. The van der Waals surface area contributed by atoms with Crippen molar-refractivity contribution in [2.45, 2.75) is 6.61 Å². The molecule has 3 rings (SSSR count). The first-order chi connectivity index (χ1) is 8.81. The molecular weight excluding hydrogens is 230 g/mol. The Morgan fingerprint density at radius 1 is 1.33 bits per heavy atom. The number of rotatable bonds is 3. The van der Waals surface area contributed by atoms with Crippen molar-refractivity contribution in [2.24, 2.45) is 0 Å². The van der Waals surface area contributed by atoms with Crippen molar-refractivity contribution in [3.63, 3.8) is 0 Å². The number of aromatic amines is 1. The highest BCUT2D eigenvalue weighted by Crippen LogP contribution is 2.10. The predicted octanol–water partition coefficient (Wildman–Crippen LogP) is 1.60. The molecule has 0 bridgehead atoms. The maximum absolute atomic E-state index is 11.1. The molecule has 0 aromatic carbocycles. The van der Waals surface area contributed by atoms with Gasteiger partial charge in [-0.1, -0.05) is 6.07 Å². The fourth-order valence-corrected chi connectivity index (χ4v) is 1.73. The quantitative estimate of drug-likeness (QED) is 0.757. The van der Waals surface area contributed by atoms with E-state index in [4.69, 9.17) is 4.74 Å². The van der Waals surface area contributed by atoms with Crippen LogP contribution in [0.4, 0.5) is 0 Å². The minimum atomic E-state index is -0.169. The highest BCUT2D eigenvalue weighted by Gasteiger charge is 1.99. The zero-order valence-electron chi connectivity index (χ0n) is 9.54. The van der Waals surface area contributed by atoms with Gasteiger partial charge in [-0.25, -0.2) is 4.98 Å². The number of imidazole rings is 1. The van der Waals surface area contributed by atoms with Crippen LogP contribution in [0.2, 0.25) is 0 Å². The first kappa shape index (κ1) is 10.6. The van der Waals surface area contributed by atoms with Gasteiger partial charge in [0, 0.05) is 36.4 Å². The highest BCUT2D eigenvalue weighted by molar-refractivity contribution is 5.39. The average molecular weight is 241 g/mol. The number of nitrogens with one attached hydrogen (secondary N) is 1. The van der Waals surface area contributed by atoms with Crippen LogP contribution in [0.5, 0.6) is 5.75 Å². The van der Waals surface area contributed by atoms with Gasteiger partial charge in [0.2, 0.25) is 0 Å². The second-order valence-corrected chi connectivity index (χ2v) is 3.91. The molecule has 5 nitrogen and oxygen atoms in total. The maximum atomic E-state index is 11.1. The summed E-state index contributed by atoms with van der Waals surface area (Å²) in [4.78, 5) is 17.8. The summed E-state index contributed by atoms with van der Waals surface area (Å²) < 4.78 is 7.47.